The van der Waals surface area contributed by atoms with Crippen LogP contribution >= 0.6 is 0 Å². The Labute approximate surface area is 47.1 Å². The summed E-state index contributed by atoms with van der Waals surface area (Å²) in [4.78, 5) is 2.64. The molecule has 42 valence electrons. The normalized spacial score (nSPS) is 9.25. The summed E-state index contributed by atoms with van der Waals surface area (Å²) in [6.45, 7) is 0. The van der Waals surface area contributed by atoms with Crippen LogP contribution in [-0.4, -0.2) is 22.2 Å². The van der Waals surface area contributed by atoms with Crippen molar-refractivity contribution in [3.8, 4) is 0 Å². The molecule has 0 fully saturated rings. The van der Waals surface area contributed by atoms with Crippen LogP contribution in [0.4, 0.5) is 0 Å². The highest BCUT2D eigenvalue weighted by Gasteiger charge is 2.09. The third-order valence-electron chi connectivity index (χ3n) is 0.900. The van der Waals surface area contributed by atoms with E-state index in [0.29, 0.717) is 5.59 Å². The molecule has 0 atom stereocenters. The maximum atomic E-state index is 8.44. The molecule has 1 aromatic heterocycles. The monoisotopic (exact) mass is 111 g/mol. The number of H-pyrrole nitrogens is 1. The molecule has 0 aliphatic carbocycles. The van der Waals surface area contributed by atoms with Gasteiger partial charge in [-0.05, 0) is 12.1 Å². The third kappa shape index (κ3) is 0.909. The van der Waals surface area contributed by atoms with Crippen molar-refractivity contribution in [2.75, 3.05) is 0 Å². The van der Waals surface area contributed by atoms with E-state index >= 15 is 0 Å². The standard InChI is InChI=1S/C4H6BNO2/c7-5(8)4-2-1-3-6-4/h1-3,6-8H. The van der Waals surface area contributed by atoms with E-state index in [2.05, 4.69) is 4.98 Å². The second-order valence-electron chi connectivity index (χ2n) is 1.50. The maximum Gasteiger partial charge on any atom is 0.505 e. The quantitative estimate of drug-likeness (QED) is 0.394. The van der Waals surface area contributed by atoms with Gasteiger partial charge in [0.15, 0.2) is 0 Å². The van der Waals surface area contributed by atoms with Gasteiger partial charge in [-0.15, -0.1) is 0 Å². The molecule has 0 amide bonds. The van der Waals surface area contributed by atoms with Crippen LogP contribution in [-0.2, 0) is 0 Å². The SMILES string of the molecule is OB(O)c1ccc[nH]1. The molecule has 4 heteroatoms. The Kier molecular flexibility index (Phi) is 1.37. The molecule has 3 N–H and O–H groups in total. The summed E-state index contributed by atoms with van der Waals surface area (Å²) in [6.07, 6.45) is 1.63. The summed E-state index contributed by atoms with van der Waals surface area (Å²) in [7, 11) is -1.37. The number of hydrogen-bond donors (Lipinski definition) is 3. The van der Waals surface area contributed by atoms with Crippen molar-refractivity contribution in [3.05, 3.63) is 18.3 Å². The first kappa shape index (κ1) is 5.40. The summed E-state index contributed by atoms with van der Waals surface area (Å²) in [5.41, 5.74) is 0.421. The molecule has 0 unspecified atom stereocenters. The molecule has 0 radical (unpaired) electrons. The number of rotatable bonds is 1. The number of nitrogens with one attached hydrogen (secondary N) is 1. The summed E-state index contributed by atoms with van der Waals surface area (Å²) >= 11 is 0. The molecule has 0 bridgehead atoms. The van der Waals surface area contributed by atoms with Crippen molar-refractivity contribution < 1.29 is 10.0 Å². The highest BCUT2D eigenvalue weighted by molar-refractivity contribution is 6.57. The Morgan fingerprint density at radius 1 is 1.50 bits per heavy atom. The smallest absolute Gasteiger partial charge is 0.422 e. The van der Waals surface area contributed by atoms with Gasteiger partial charge in [-0.3, -0.25) is 0 Å². The summed E-state index contributed by atoms with van der Waals surface area (Å²) in [5.74, 6) is 0. The van der Waals surface area contributed by atoms with E-state index in [4.69, 9.17) is 10.0 Å². The van der Waals surface area contributed by atoms with E-state index in [1.807, 2.05) is 0 Å². The van der Waals surface area contributed by atoms with E-state index in [1.54, 1.807) is 18.3 Å². The molecule has 1 rings (SSSR count). The zero-order valence-corrected chi connectivity index (χ0v) is 4.20. The lowest BCUT2D eigenvalue weighted by Gasteiger charge is -1.88. The van der Waals surface area contributed by atoms with Crippen molar-refractivity contribution in [2.24, 2.45) is 0 Å². The Morgan fingerprint density at radius 2 is 2.25 bits per heavy atom. The van der Waals surface area contributed by atoms with Crippen LogP contribution in [0.3, 0.4) is 0 Å². The van der Waals surface area contributed by atoms with Crippen LogP contribution in [0, 0.1) is 0 Å². The molecule has 3 nitrogen and oxygen atoms in total. The van der Waals surface area contributed by atoms with Crippen LogP contribution in [0.15, 0.2) is 18.3 Å². The third-order valence-corrected chi connectivity index (χ3v) is 0.900. The maximum absolute atomic E-state index is 8.44. The predicted molar refractivity (Wildman–Crippen MR) is 30.6 cm³/mol. The van der Waals surface area contributed by atoms with Crippen molar-refractivity contribution in [2.45, 2.75) is 0 Å². The fourth-order valence-corrected chi connectivity index (χ4v) is 0.505. The Bertz CT molecular complexity index is 149. The topological polar surface area (TPSA) is 56.2 Å². The summed E-state index contributed by atoms with van der Waals surface area (Å²) < 4.78 is 0. The lowest BCUT2D eigenvalue weighted by atomic mass is 9.87. The first-order chi connectivity index (χ1) is 3.80. The molecule has 1 aromatic rings. The van der Waals surface area contributed by atoms with Gasteiger partial charge in [0.25, 0.3) is 0 Å². The van der Waals surface area contributed by atoms with Crippen LogP contribution in [0.5, 0.6) is 0 Å². The summed E-state index contributed by atoms with van der Waals surface area (Å²) in [6, 6.07) is 3.30. The van der Waals surface area contributed by atoms with Gasteiger partial charge in [0.05, 0.1) is 0 Å². The second-order valence-corrected chi connectivity index (χ2v) is 1.50. The minimum absolute atomic E-state index is 0.421. The highest BCUT2D eigenvalue weighted by Crippen LogP contribution is 1.75. The molecule has 0 spiro atoms. The van der Waals surface area contributed by atoms with Crippen molar-refractivity contribution in [1.29, 1.82) is 0 Å². The molecular formula is C4H6BNO2. The van der Waals surface area contributed by atoms with E-state index in [9.17, 15) is 0 Å². The molecule has 1 heterocycles. The van der Waals surface area contributed by atoms with Crippen LogP contribution in [0.25, 0.3) is 0 Å². The van der Waals surface area contributed by atoms with Gasteiger partial charge in [-0.25, -0.2) is 0 Å². The fourth-order valence-electron chi connectivity index (χ4n) is 0.505. The van der Waals surface area contributed by atoms with Crippen LogP contribution in [0.1, 0.15) is 0 Å². The zero-order chi connectivity index (χ0) is 5.98. The molecular weight excluding hydrogens is 105 g/mol. The van der Waals surface area contributed by atoms with E-state index in [0.717, 1.165) is 0 Å². The largest absolute Gasteiger partial charge is 0.505 e. The van der Waals surface area contributed by atoms with Crippen LogP contribution < -0.4 is 5.59 Å². The van der Waals surface area contributed by atoms with Gasteiger partial charge in [0, 0.05) is 11.8 Å². The Hall–Kier alpha value is -0.735. The second kappa shape index (κ2) is 2.02. The number of aromatic amines is 1. The van der Waals surface area contributed by atoms with Crippen LogP contribution in [0.2, 0.25) is 0 Å². The number of aromatic nitrogens is 1. The molecule has 0 aliphatic rings. The van der Waals surface area contributed by atoms with Gasteiger partial charge in [0.1, 0.15) is 0 Å². The Balaban J connectivity index is 2.77. The van der Waals surface area contributed by atoms with Gasteiger partial charge in [-0.2, -0.15) is 0 Å². The minimum atomic E-state index is -1.37. The molecule has 8 heavy (non-hydrogen) atoms. The first-order valence-corrected chi connectivity index (χ1v) is 2.30. The first-order valence-electron chi connectivity index (χ1n) is 2.30. The molecule has 0 saturated heterocycles. The predicted octanol–water partition coefficient (Wildman–Crippen LogP) is -1.31. The average Bonchev–Trinajstić information content (AvgIpc) is 2.12. The molecule has 0 aliphatic heterocycles. The average molecular weight is 111 g/mol. The van der Waals surface area contributed by atoms with Gasteiger partial charge >= 0.3 is 7.12 Å². The lowest BCUT2D eigenvalue weighted by molar-refractivity contribution is 0.424. The highest BCUT2D eigenvalue weighted by atomic mass is 16.4. The Morgan fingerprint density at radius 3 is 2.50 bits per heavy atom. The molecule has 0 aromatic carbocycles. The van der Waals surface area contributed by atoms with Gasteiger partial charge in [-0.1, -0.05) is 0 Å². The van der Waals surface area contributed by atoms with E-state index in [1.165, 1.54) is 0 Å². The fraction of sp³-hybridized carbons (Fsp3) is 0. The van der Waals surface area contributed by atoms with E-state index < -0.39 is 7.12 Å². The van der Waals surface area contributed by atoms with Gasteiger partial charge < -0.3 is 15.0 Å². The lowest BCUT2D eigenvalue weighted by Crippen LogP contribution is -2.30. The minimum Gasteiger partial charge on any atom is -0.422 e. The van der Waals surface area contributed by atoms with Crippen molar-refractivity contribution >= 4 is 12.7 Å². The number of hydrogen-bond acceptors (Lipinski definition) is 2. The zero-order valence-electron chi connectivity index (χ0n) is 4.20. The van der Waals surface area contributed by atoms with E-state index in [-0.39, 0.29) is 0 Å². The van der Waals surface area contributed by atoms with Crippen molar-refractivity contribution in [3.63, 3.8) is 0 Å². The van der Waals surface area contributed by atoms with Crippen molar-refractivity contribution in [1.82, 2.24) is 4.98 Å². The van der Waals surface area contributed by atoms with Gasteiger partial charge in [0.2, 0.25) is 0 Å². The summed E-state index contributed by atoms with van der Waals surface area (Å²) in [5, 5.41) is 16.9. The molecule has 0 saturated carbocycles.